The second-order valence-corrected chi connectivity index (χ2v) is 7.43. The first-order valence-electron chi connectivity index (χ1n) is 7.09. The quantitative estimate of drug-likeness (QED) is 0.635. The lowest BCUT2D eigenvalue weighted by atomic mass is 10.1. The first kappa shape index (κ1) is 19.3. The van der Waals surface area contributed by atoms with Crippen LogP contribution in [-0.2, 0) is 21.3 Å². The van der Waals surface area contributed by atoms with Crippen LogP contribution < -0.4 is 4.18 Å². The van der Waals surface area contributed by atoms with E-state index in [1.54, 1.807) is 13.8 Å². The minimum atomic E-state index is -5.73. The van der Waals surface area contributed by atoms with Crippen molar-refractivity contribution in [3.8, 4) is 5.75 Å². The number of halogens is 3. The van der Waals surface area contributed by atoms with E-state index in [4.69, 9.17) is 4.74 Å². The topological polar surface area (TPSA) is 93.1 Å². The third kappa shape index (κ3) is 4.15. The second-order valence-electron chi connectivity index (χ2n) is 5.90. The standard InChI is InChI=1S/C14H16F3NO6S/c1-13(2)18(12(19)20)10(8-23-13)7-9-3-5-11(6-4-9)24-25(21,22)14(15,16)17/h3-6,10H,7-8H2,1-2H3,(H,19,20). The summed E-state index contributed by atoms with van der Waals surface area (Å²) in [4.78, 5) is 12.5. The molecule has 0 aromatic heterocycles. The Labute approximate surface area is 142 Å². The number of hydrogen-bond acceptors (Lipinski definition) is 5. The summed E-state index contributed by atoms with van der Waals surface area (Å²) in [6, 6.07) is 4.41. The van der Waals surface area contributed by atoms with E-state index >= 15 is 0 Å². The van der Waals surface area contributed by atoms with Gasteiger partial charge in [-0.3, -0.25) is 4.90 Å². The first-order chi connectivity index (χ1) is 11.3. The smallest absolute Gasteiger partial charge is 0.465 e. The fourth-order valence-corrected chi connectivity index (χ4v) is 3.01. The third-order valence-corrected chi connectivity index (χ3v) is 4.64. The van der Waals surface area contributed by atoms with Gasteiger partial charge >= 0.3 is 21.7 Å². The Morgan fingerprint density at radius 1 is 1.36 bits per heavy atom. The van der Waals surface area contributed by atoms with Gasteiger partial charge in [0.05, 0.1) is 12.6 Å². The van der Waals surface area contributed by atoms with E-state index in [9.17, 15) is 31.5 Å². The Morgan fingerprint density at radius 3 is 2.40 bits per heavy atom. The molecule has 1 amide bonds. The van der Waals surface area contributed by atoms with Gasteiger partial charge in [-0.2, -0.15) is 21.6 Å². The van der Waals surface area contributed by atoms with Crippen molar-refractivity contribution in [3.63, 3.8) is 0 Å². The molecular weight excluding hydrogens is 367 g/mol. The fraction of sp³-hybridized carbons (Fsp3) is 0.500. The van der Waals surface area contributed by atoms with Gasteiger partial charge in [0.15, 0.2) is 0 Å². The van der Waals surface area contributed by atoms with Crippen LogP contribution >= 0.6 is 0 Å². The van der Waals surface area contributed by atoms with Crippen LogP contribution in [-0.4, -0.2) is 48.4 Å². The lowest BCUT2D eigenvalue weighted by Crippen LogP contribution is -2.47. The van der Waals surface area contributed by atoms with Crippen LogP contribution in [0.2, 0.25) is 0 Å². The summed E-state index contributed by atoms with van der Waals surface area (Å²) in [6.45, 7) is 3.39. The maximum absolute atomic E-state index is 12.3. The molecule has 1 atom stereocenters. The highest BCUT2D eigenvalue weighted by Crippen LogP contribution is 2.30. The van der Waals surface area contributed by atoms with E-state index in [-0.39, 0.29) is 13.0 Å². The normalized spacial score (nSPS) is 20.5. The van der Waals surface area contributed by atoms with Crippen LogP contribution in [0.25, 0.3) is 0 Å². The monoisotopic (exact) mass is 383 g/mol. The lowest BCUT2D eigenvalue weighted by Gasteiger charge is -2.31. The predicted molar refractivity (Wildman–Crippen MR) is 79.4 cm³/mol. The summed E-state index contributed by atoms with van der Waals surface area (Å²) in [7, 11) is -5.73. The van der Waals surface area contributed by atoms with Crippen LogP contribution in [0.3, 0.4) is 0 Å². The molecule has 25 heavy (non-hydrogen) atoms. The first-order valence-corrected chi connectivity index (χ1v) is 8.50. The van der Waals surface area contributed by atoms with Crippen molar-refractivity contribution < 1.29 is 40.4 Å². The van der Waals surface area contributed by atoms with Gasteiger partial charge in [-0.05, 0) is 38.0 Å². The lowest BCUT2D eigenvalue weighted by molar-refractivity contribution is -0.0500. The van der Waals surface area contributed by atoms with Gasteiger partial charge in [-0.15, -0.1) is 0 Å². The van der Waals surface area contributed by atoms with E-state index in [2.05, 4.69) is 4.18 Å². The Bertz CT molecular complexity index is 745. The van der Waals surface area contributed by atoms with Gasteiger partial charge in [0.25, 0.3) is 0 Å². The van der Waals surface area contributed by atoms with Gasteiger partial charge in [-0.25, -0.2) is 4.79 Å². The van der Waals surface area contributed by atoms with Crippen LogP contribution in [0.4, 0.5) is 18.0 Å². The molecule has 0 aliphatic carbocycles. The highest BCUT2D eigenvalue weighted by Gasteiger charge is 2.48. The third-order valence-electron chi connectivity index (χ3n) is 3.66. The molecule has 0 saturated carbocycles. The number of nitrogens with zero attached hydrogens (tertiary/aromatic N) is 1. The summed E-state index contributed by atoms with van der Waals surface area (Å²) < 4.78 is 68.1. The molecule has 2 rings (SSSR count). The molecule has 1 saturated heterocycles. The Hall–Kier alpha value is -2.01. The molecule has 1 aliphatic rings. The number of carboxylic acid groups (broad SMARTS) is 1. The number of ether oxygens (including phenoxy) is 1. The minimum absolute atomic E-state index is 0.167. The van der Waals surface area contributed by atoms with Gasteiger partial charge in [0.2, 0.25) is 0 Å². The van der Waals surface area contributed by atoms with Crippen LogP contribution in [0.15, 0.2) is 24.3 Å². The van der Waals surface area contributed by atoms with Crippen LogP contribution in [0, 0.1) is 0 Å². The largest absolute Gasteiger partial charge is 0.534 e. The van der Waals surface area contributed by atoms with Crippen molar-refractivity contribution in [1.82, 2.24) is 4.90 Å². The molecular formula is C14H16F3NO6S. The Balaban J connectivity index is 2.10. The molecule has 1 aromatic carbocycles. The summed E-state index contributed by atoms with van der Waals surface area (Å²) in [6.07, 6.45) is -0.897. The molecule has 1 aromatic rings. The zero-order valence-electron chi connectivity index (χ0n) is 13.3. The average molecular weight is 383 g/mol. The molecule has 1 fully saturated rings. The van der Waals surface area contributed by atoms with Crippen molar-refractivity contribution in [2.75, 3.05) is 6.61 Å². The van der Waals surface area contributed by atoms with Gasteiger partial charge < -0.3 is 14.0 Å². The van der Waals surface area contributed by atoms with Crippen molar-refractivity contribution in [3.05, 3.63) is 29.8 Å². The Morgan fingerprint density at radius 2 is 1.92 bits per heavy atom. The molecule has 0 radical (unpaired) electrons. The van der Waals surface area contributed by atoms with E-state index in [0.29, 0.717) is 5.56 Å². The average Bonchev–Trinajstić information content (AvgIpc) is 2.74. The van der Waals surface area contributed by atoms with E-state index < -0.39 is 39.2 Å². The zero-order valence-corrected chi connectivity index (χ0v) is 14.1. The van der Waals surface area contributed by atoms with Crippen LogP contribution in [0.1, 0.15) is 19.4 Å². The van der Waals surface area contributed by atoms with Crippen molar-refractivity contribution in [2.24, 2.45) is 0 Å². The molecule has 0 bridgehead atoms. The molecule has 1 N–H and O–H groups in total. The summed E-state index contributed by atoms with van der Waals surface area (Å²) in [5, 5.41) is 9.30. The Kier molecular flexibility index (Phi) is 4.92. The van der Waals surface area contributed by atoms with Crippen molar-refractivity contribution in [1.29, 1.82) is 0 Å². The molecule has 1 aliphatic heterocycles. The molecule has 1 heterocycles. The highest BCUT2D eigenvalue weighted by molar-refractivity contribution is 7.88. The molecule has 7 nitrogen and oxygen atoms in total. The predicted octanol–water partition coefficient (Wildman–Crippen LogP) is 2.57. The number of carbonyl (C=O) groups is 1. The number of amides is 1. The van der Waals surface area contributed by atoms with E-state index in [0.717, 1.165) is 17.0 Å². The number of benzene rings is 1. The van der Waals surface area contributed by atoms with E-state index in [1.165, 1.54) is 12.1 Å². The maximum Gasteiger partial charge on any atom is 0.534 e. The number of alkyl halides is 3. The molecule has 0 spiro atoms. The highest BCUT2D eigenvalue weighted by atomic mass is 32.2. The summed E-state index contributed by atoms with van der Waals surface area (Å²) in [5.41, 5.74) is -5.91. The minimum Gasteiger partial charge on any atom is -0.465 e. The van der Waals surface area contributed by atoms with Crippen molar-refractivity contribution >= 4 is 16.2 Å². The maximum atomic E-state index is 12.3. The van der Waals surface area contributed by atoms with Gasteiger partial charge in [0, 0.05) is 0 Å². The summed E-state index contributed by atoms with van der Waals surface area (Å²) in [5.74, 6) is -0.487. The van der Waals surface area contributed by atoms with Gasteiger partial charge in [-0.1, -0.05) is 12.1 Å². The van der Waals surface area contributed by atoms with E-state index in [1.807, 2.05) is 0 Å². The molecule has 11 heteroatoms. The molecule has 140 valence electrons. The van der Waals surface area contributed by atoms with Gasteiger partial charge in [0.1, 0.15) is 11.5 Å². The number of hydrogen-bond donors (Lipinski definition) is 1. The second kappa shape index (κ2) is 6.37. The van der Waals surface area contributed by atoms with Crippen LogP contribution in [0.5, 0.6) is 5.75 Å². The number of rotatable bonds is 4. The molecule has 1 unspecified atom stereocenters. The SMILES string of the molecule is CC1(C)OCC(Cc2ccc(OS(=O)(=O)C(F)(F)F)cc2)N1C(=O)O. The summed E-state index contributed by atoms with van der Waals surface area (Å²) >= 11 is 0. The zero-order chi connectivity index (χ0) is 19.0. The van der Waals surface area contributed by atoms with Crippen molar-refractivity contribution in [2.45, 2.75) is 37.5 Å². The fourth-order valence-electron chi connectivity index (χ4n) is 2.55.